The molecular weight excluding hydrogens is 220 g/mol. The number of hydrogen-bond donors (Lipinski definition) is 1. The molecule has 1 saturated heterocycles. The van der Waals surface area contributed by atoms with Gasteiger partial charge >= 0.3 is 0 Å². The van der Waals surface area contributed by atoms with E-state index in [4.69, 9.17) is 0 Å². The number of hydrogen-bond acceptors (Lipinski definition) is 2. The fourth-order valence-electron chi connectivity index (χ4n) is 3.35. The molecule has 1 aliphatic rings. The van der Waals surface area contributed by atoms with Crippen LogP contribution in [0.15, 0.2) is 0 Å². The molecule has 0 aromatic rings. The summed E-state index contributed by atoms with van der Waals surface area (Å²) in [4.78, 5) is 2.77. The maximum Gasteiger partial charge on any atom is 0.0221 e. The van der Waals surface area contributed by atoms with Crippen molar-refractivity contribution < 1.29 is 0 Å². The van der Waals surface area contributed by atoms with Gasteiger partial charge < -0.3 is 5.32 Å². The van der Waals surface area contributed by atoms with Gasteiger partial charge in [-0.1, -0.05) is 34.6 Å². The Labute approximate surface area is 115 Å². The average Bonchev–Trinajstić information content (AvgIpc) is 2.27. The van der Waals surface area contributed by atoms with Crippen molar-refractivity contribution in [1.82, 2.24) is 10.2 Å². The number of rotatable bonds is 6. The summed E-state index contributed by atoms with van der Waals surface area (Å²) in [6.07, 6.45) is 3.90. The molecule has 108 valence electrons. The van der Waals surface area contributed by atoms with Crippen LogP contribution in [0.3, 0.4) is 0 Å². The van der Waals surface area contributed by atoms with Gasteiger partial charge in [-0.25, -0.2) is 0 Å². The first-order valence-electron chi connectivity index (χ1n) is 7.93. The third-order valence-corrected chi connectivity index (χ3v) is 4.15. The highest BCUT2D eigenvalue weighted by atomic mass is 15.2. The molecule has 1 heterocycles. The summed E-state index contributed by atoms with van der Waals surface area (Å²) >= 11 is 0. The minimum absolute atomic E-state index is 0.697. The smallest absolute Gasteiger partial charge is 0.0221 e. The molecule has 0 aliphatic carbocycles. The molecule has 0 spiro atoms. The summed E-state index contributed by atoms with van der Waals surface area (Å²) in [6, 6.07) is 2.16. The van der Waals surface area contributed by atoms with Crippen molar-refractivity contribution in [3.8, 4) is 0 Å². The highest BCUT2D eigenvalue weighted by Crippen LogP contribution is 2.21. The molecular formula is C16H34N2. The molecule has 2 nitrogen and oxygen atoms in total. The molecule has 0 radical (unpaired) electrons. The molecule has 1 N–H and O–H groups in total. The lowest BCUT2D eigenvalue weighted by Gasteiger charge is -2.44. The van der Waals surface area contributed by atoms with Crippen molar-refractivity contribution in [3.05, 3.63) is 0 Å². The van der Waals surface area contributed by atoms with Crippen LogP contribution in [0.5, 0.6) is 0 Å². The Morgan fingerprint density at radius 3 is 2.28 bits per heavy atom. The summed E-state index contributed by atoms with van der Waals surface area (Å²) in [5, 5.41) is 3.75. The third-order valence-electron chi connectivity index (χ3n) is 4.15. The maximum absolute atomic E-state index is 3.75. The van der Waals surface area contributed by atoms with Gasteiger partial charge in [0.1, 0.15) is 0 Å². The van der Waals surface area contributed by atoms with Crippen LogP contribution in [-0.2, 0) is 0 Å². The topological polar surface area (TPSA) is 15.3 Å². The van der Waals surface area contributed by atoms with Gasteiger partial charge in [-0.15, -0.1) is 0 Å². The van der Waals surface area contributed by atoms with E-state index in [1.807, 2.05) is 0 Å². The summed E-state index contributed by atoms with van der Waals surface area (Å²) in [7, 11) is 0. The first kappa shape index (κ1) is 16.0. The van der Waals surface area contributed by atoms with Gasteiger partial charge in [0, 0.05) is 31.2 Å². The second-order valence-electron chi connectivity index (χ2n) is 6.97. The highest BCUT2D eigenvalue weighted by Gasteiger charge is 2.30. The molecule has 1 aliphatic heterocycles. The summed E-state index contributed by atoms with van der Waals surface area (Å²) in [5.41, 5.74) is 0. The van der Waals surface area contributed by atoms with Gasteiger partial charge in [0.15, 0.2) is 0 Å². The molecule has 3 atom stereocenters. The first-order chi connectivity index (χ1) is 8.43. The van der Waals surface area contributed by atoms with Crippen LogP contribution in [0, 0.1) is 11.8 Å². The quantitative estimate of drug-likeness (QED) is 0.780. The summed E-state index contributed by atoms with van der Waals surface area (Å²) in [6.45, 7) is 16.5. The molecule has 0 bridgehead atoms. The van der Waals surface area contributed by atoms with Crippen molar-refractivity contribution in [2.75, 3.05) is 13.1 Å². The second kappa shape index (κ2) is 7.49. The van der Waals surface area contributed by atoms with E-state index in [-0.39, 0.29) is 0 Å². The molecule has 0 amide bonds. The van der Waals surface area contributed by atoms with Gasteiger partial charge in [-0.2, -0.15) is 0 Å². The van der Waals surface area contributed by atoms with Crippen LogP contribution < -0.4 is 5.32 Å². The monoisotopic (exact) mass is 254 g/mol. The van der Waals surface area contributed by atoms with E-state index in [0.29, 0.717) is 6.04 Å². The Morgan fingerprint density at radius 2 is 1.78 bits per heavy atom. The Morgan fingerprint density at radius 1 is 1.11 bits per heavy atom. The van der Waals surface area contributed by atoms with Gasteiger partial charge in [0.05, 0.1) is 0 Å². The zero-order valence-electron chi connectivity index (χ0n) is 13.4. The number of nitrogens with zero attached hydrogens (tertiary/aromatic N) is 1. The third kappa shape index (κ3) is 4.89. The lowest BCUT2D eigenvalue weighted by Crippen LogP contribution is -2.59. The van der Waals surface area contributed by atoms with Crippen molar-refractivity contribution in [3.63, 3.8) is 0 Å². The summed E-state index contributed by atoms with van der Waals surface area (Å²) < 4.78 is 0. The fourth-order valence-corrected chi connectivity index (χ4v) is 3.35. The second-order valence-corrected chi connectivity index (χ2v) is 6.97. The lowest BCUT2D eigenvalue weighted by molar-refractivity contribution is 0.0711. The normalized spacial score (nSPS) is 28.0. The van der Waals surface area contributed by atoms with Crippen LogP contribution in [-0.4, -0.2) is 36.1 Å². The van der Waals surface area contributed by atoms with Crippen LogP contribution in [0.2, 0.25) is 0 Å². The Bertz CT molecular complexity index is 225. The Hall–Kier alpha value is -0.0800. The molecule has 0 aromatic carbocycles. The van der Waals surface area contributed by atoms with Gasteiger partial charge in [-0.05, 0) is 38.0 Å². The van der Waals surface area contributed by atoms with E-state index in [1.54, 1.807) is 0 Å². The molecule has 1 rings (SSSR count). The standard InChI is InChI=1S/C16H34N2/c1-7-16-10-17-15(9-13(4)5)11-18(16)14(6)8-12(2)3/h12-17H,7-11H2,1-6H3. The van der Waals surface area contributed by atoms with Crippen molar-refractivity contribution in [1.29, 1.82) is 0 Å². The Kier molecular flexibility index (Phi) is 6.65. The van der Waals surface area contributed by atoms with Gasteiger partial charge in [0.2, 0.25) is 0 Å². The maximum atomic E-state index is 3.75. The average molecular weight is 254 g/mol. The van der Waals surface area contributed by atoms with E-state index in [9.17, 15) is 0 Å². The fraction of sp³-hybridized carbons (Fsp3) is 1.00. The zero-order valence-corrected chi connectivity index (χ0v) is 13.4. The SMILES string of the molecule is CCC1CNC(CC(C)C)CN1C(C)CC(C)C. The number of nitrogens with one attached hydrogen (secondary N) is 1. The first-order valence-corrected chi connectivity index (χ1v) is 7.93. The van der Waals surface area contributed by atoms with Crippen molar-refractivity contribution in [2.45, 2.75) is 78.9 Å². The zero-order chi connectivity index (χ0) is 13.7. The van der Waals surface area contributed by atoms with Gasteiger partial charge in [0.25, 0.3) is 0 Å². The van der Waals surface area contributed by atoms with E-state index in [0.717, 1.165) is 23.9 Å². The minimum atomic E-state index is 0.697. The predicted molar refractivity (Wildman–Crippen MR) is 80.9 cm³/mol. The number of piperazine rings is 1. The molecule has 18 heavy (non-hydrogen) atoms. The van der Waals surface area contributed by atoms with Gasteiger partial charge in [-0.3, -0.25) is 4.90 Å². The van der Waals surface area contributed by atoms with E-state index >= 15 is 0 Å². The molecule has 0 saturated carbocycles. The van der Waals surface area contributed by atoms with Crippen LogP contribution in [0.25, 0.3) is 0 Å². The molecule has 3 unspecified atom stereocenters. The summed E-state index contributed by atoms with van der Waals surface area (Å²) in [5.74, 6) is 1.60. The van der Waals surface area contributed by atoms with Crippen LogP contribution in [0.4, 0.5) is 0 Å². The van der Waals surface area contributed by atoms with Crippen LogP contribution >= 0.6 is 0 Å². The van der Waals surface area contributed by atoms with Crippen molar-refractivity contribution in [2.24, 2.45) is 11.8 Å². The van der Waals surface area contributed by atoms with Crippen LogP contribution in [0.1, 0.15) is 60.8 Å². The molecule has 2 heteroatoms. The molecule has 1 fully saturated rings. The van der Waals surface area contributed by atoms with E-state index in [2.05, 4.69) is 51.8 Å². The predicted octanol–water partition coefficient (Wildman–Crippen LogP) is 3.52. The Balaban J connectivity index is 2.58. The molecule has 0 aromatic heterocycles. The van der Waals surface area contributed by atoms with Crippen molar-refractivity contribution >= 4 is 0 Å². The van der Waals surface area contributed by atoms with E-state index in [1.165, 1.54) is 32.4 Å². The lowest BCUT2D eigenvalue weighted by atomic mass is 9.95. The van der Waals surface area contributed by atoms with E-state index < -0.39 is 0 Å². The minimum Gasteiger partial charge on any atom is -0.311 e. The highest BCUT2D eigenvalue weighted by molar-refractivity contribution is 4.88. The largest absolute Gasteiger partial charge is 0.311 e.